The normalized spacial score (nSPS) is 10.1. The Hall–Kier alpha value is -1.41. The van der Waals surface area contributed by atoms with E-state index in [0.29, 0.717) is 23.1 Å². The standard InChI is InChI=1S/C12H14BrN3O/c1-9(2)16(7-3-5-14)12(17)10-4-6-15-11(13)8-10/h4,6,8-9H,3,7H2,1-2H3. The molecular weight excluding hydrogens is 282 g/mol. The molecule has 17 heavy (non-hydrogen) atoms. The predicted molar refractivity (Wildman–Crippen MR) is 68.3 cm³/mol. The van der Waals surface area contributed by atoms with Crippen LogP contribution in [0.15, 0.2) is 22.9 Å². The summed E-state index contributed by atoms with van der Waals surface area (Å²) >= 11 is 3.24. The highest BCUT2D eigenvalue weighted by atomic mass is 79.9. The minimum absolute atomic E-state index is 0.0710. The molecule has 4 nitrogen and oxygen atoms in total. The number of halogens is 1. The number of carbonyl (C=O) groups is 1. The van der Waals surface area contributed by atoms with Crippen LogP contribution >= 0.6 is 15.9 Å². The number of nitrogens with zero attached hydrogens (tertiary/aromatic N) is 3. The molecule has 0 spiro atoms. The van der Waals surface area contributed by atoms with Gasteiger partial charge in [-0.3, -0.25) is 4.79 Å². The lowest BCUT2D eigenvalue weighted by Crippen LogP contribution is -2.37. The molecule has 0 saturated carbocycles. The molecule has 5 heteroatoms. The maximum atomic E-state index is 12.2. The van der Waals surface area contributed by atoms with Crippen molar-refractivity contribution in [3.63, 3.8) is 0 Å². The second kappa shape index (κ2) is 6.36. The molecule has 1 heterocycles. The molecule has 0 aliphatic carbocycles. The van der Waals surface area contributed by atoms with Gasteiger partial charge in [0.05, 0.1) is 12.5 Å². The van der Waals surface area contributed by atoms with E-state index in [1.165, 1.54) is 0 Å². The minimum atomic E-state index is -0.0710. The van der Waals surface area contributed by atoms with Crippen molar-refractivity contribution in [2.24, 2.45) is 0 Å². The number of carbonyl (C=O) groups excluding carboxylic acids is 1. The van der Waals surface area contributed by atoms with Crippen LogP contribution < -0.4 is 0 Å². The van der Waals surface area contributed by atoms with Gasteiger partial charge in [-0.25, -0.2) is 4.98 Å². The van der Waals surface area contributed by atoms with Crippen LogP contribution in [0.4, 0.5) is 0 Å². The molecule has 0 aliphatic heterocycles. The SMILES string of the molecule is CC(C)N(CCC#N)C(=O)c1ccnc(Br)c1. The molecule has 0 fully saturated rings. The number of hydrogen-bond donors (Lipinski definition) is 0. The van der Waals surface area contributed by atoms with Gasteiger partial charge in [0.25, 0.3) is 5.91 Å². The molecule has 0 unspecified atom stereocenters. The lowest BCUT2D eigenvalue weighted by atomic mass is 10.2. The fraction of sp³-hybridized carbons (Fsp3) is 0.417. The third-order valence-electron chi connectivity index (χ3n) is 2.32. The van der Waals surface area contributed by atoms with Gasteiger partial charge < -0.3 is 4.90 Å². The first-order valence-electron chi connectivity index (χ1n) is 5.35. The van der Waals surface area contributed by atoms with Gasteiger partial charge in [-0.15, -0.1) is 0 Å². The Balaban J connectivity index is 2.88. The Labute approximate surface area is 109 Å². The van der Waals surface area contributed by atoms with Crippen LogP contribution in [0, 0.1) is 11.3 Å². The van der Waals surface area contributed by atoms with Gasteiger partial charge in [-0.2, -0.15) is 5.26 Å². The third kappa shape index (κ3) is 3.82. The molecular formula is C12H14BrN3O. The van der Waals surface area contributed by atoms with Gasteiger partial charge >= 0.3 is 0 Å². The van der Waals surface area contributed by atoms with E-state index < -0.39 is 0 Å². The topological polar surface area (TPSA) is 57.0 Å². The van der Waals surface area contributed by atoms with Crippen LogP contribution in [-0.2, 0) is 0 Å². The lowest BCUT2D eigenvalue weighted by molar-refractivity contribution is 0.0710. The Morgan fingerprint density at radius 1 is 1.65 bits per heavy atom. The van der Waals surface area contributed by atoms with Crippen molar-refractivity contribution < 1.29 is 4.79 Å². The first kappa shape index (κ1) is 13.7. The summed E-state index contributed by atoms with van der Waals surface area (Å²) in [6.45, 7) is 4.32. The van der Waals surface area contributed by atoms with Crippen LogP contribution in [0.25, 0.3) is 0 Å². The molecule has 0 bridgehead atoms. The molecule has 0 saturated heterocycles. The molecule has 0 aromatic carbocycles. The monoisotopic (exact) mass is 295 g/mol. The number of nitriles is 1. The Bertz CT molecular complexity index is 440. The van der Waals surface area contributed by atoms with Crippen molar-refractivity contribution in [1.82, 2.24) is 9.88 Å². The smallest absolute Gasteiger partial charge is 0.254 e. The molecule has 90 valence electrons. The predicted octanol–water partition coefficient (Wildman–Crippen LogP) is 2.61. The van der Waals surface area contributed by atoms with Gasteiger partial charge in [0, 0.05) is 24.3 Å². The summed E-state index contributed by atoms with van der Waals surface area (Å²) < 4.78 is 0.632. The Morgan fingerprint density at radius 2 is 2.35 bits per heavy atom. The van der Waals surface area contributed by atoms with E-state index in [2.05, 4.69) is 27.0 Å². The Morgan fingerprint density at radius 3 is 2.88 bits per heavy atom. The van der Waals surface area contributed by atoms with Crippen molar-refractivity contribution in [3.8, 4) is 6.07 Å². The van der Waals surface area contributed by atoms with Crippen molar-refractivity contribution in [2.75, 3.05) is 6.54 Å². The highest BCUT2D eigenvalue weighted by molar-refractivity contribution is 9.10. The van der Waals surface area contributed by atoms with Gasteiger partial charge in [0.2, 0.25) is 0 Å². The molecule has 1 aromatic rings. The molecule has 1 aromatic heterocycles. The average molecular weight is 296 g/mol. The fourth-order valence-corrected chi connectivity index (χ4v) is 1.83. The van der Waals surface area contributed by atoms with E-state index >= 15 is 0 Å². The summed E-state index contributed by atoms with van der Waals surface area (Å²) in [7, 11) is 0. The number of amides is 1. The minimum Gasteiger partial charge on any atom is -0.335 e. The molecule has 1 rings (SSSR count). The highest BCUT2D eigenvalue weighted by Gasteiger charge is 2.18. The van der Waals surface area contributed by atoms with Crippen LogP contribution in [0.5, 0.6) is 0 Å². The molecule has 1 amide bonds. The maximum Gasteiger partial charge on any atom is 0.254 e. The highest BCUT2D eigenvalue weighted by Crippen LogP contribution is 2.12. The second-order valence-corrected chi connectivity index (χ2v) is 4.68. The summed E-state index contributed by atoms with van der Waals surface area (Å²) in [5, 5.41) is 8.59. The first-order chi connectivity index (χ1) is 8.06. The largest absolute Gasteiger partial charge is 0.335 e. The fourth-order valence-electron chi connectivity index (χ4n) is 1.47. The third-order valence-corrected chi connectivity index (χ3v) is 2.76. The maximum absolute atomic E-state index is 12.2. The summed E-state index contributed by atoms with van der Waals surface area (Å²) in [6, 6.07) is 5.49. The molecule has 0 radical (unpaired) electrons. The van der Waals surface area contributed by atoms with Crippen molar-refractivity contribution in [3.05, 3.63) is 28.5 Å². The van der Waals surface area contributed by atoms with Gasteiger partial charge in [0.15, 0.2) is 0 Å². The zero-order chi connectivity index (χ0) is 12.8. The van der Waals surface area contributed by atoms with Crippen molar-refractivity contribution in [1.29, 1.82) is 5.26 Å². The number of pyridine rings is 1. The van der Waals surface area contributed by atoms with Gasteiger partial charge in [0.1, 0.15) is 4.60 Å². The van der Waals surface area contributed by atoms with Crippen LogP contribution in [0.1, 0.15) is 30.6 Å². The summed E-state index contributed by atoms with van der Waals surface area (Å²) in [5.41, 5.74) is 0.582. The van der Waals surface area contributed by atoms with E-state index in [9.17, 15) is 4.79 Å². The second-order valence-electron chi connectivity index (χ2n) is 3.87. The summed E-state index contributed by atoms with van der Waals surface area (Å²) in [5.74, 6) is -0.0710. The van der Waals surface area contributed by atoms with E-state index in [0.717, 1.165) is 0 Å². The van der Waals surface area contributed by atoms with E-state index in [4.69, 9.17) is 5.26 Å². The van der Waals surface area contributed by atoms with Crippen LogP contribution in [-0.4, -0.2) is 28.4 Å². The summed E-state index contributed by atoms with van der Waals surface area (Å²) in [4.78, 5) is 17.9. The van der Waals surface area contributed by atoms with Crippen LogP contribution in [0.3, 0.4) is 0 Å². The lowest BCUT2D eigenvalue weighted by Gasteiger charge is -2.25. The number of hydrogen-bond acceptors (Lipinski definition) is 3. The zero-order valence-corrected chi connectivity index (χ0v) is 11.4. The summed E-state index contributed by atoms with van der Waals surface area (Å²) in [6.07, 6.45) is 1.93. The van der Waals surface area contributed by atoms with Crippen LogP contribution in [0.2, 0.25) is 0 Å². The van der Waals surface area contributed by atoms with E-state index in [1.807, 2.05) is 13.8 Å². The number of aromatic nitrogens is 1. The van der Waals surface area contributed by atoms with Crippen molar-refractivity contribution >= 4 is 21.8 Å². The molecule has 0 aliphatic rings. The van der Waals surface area contributed by atoms with Gasteiger partial charge in [-0.05, 0) is 41.9 Å². The van der Waals surface area contributed by atoms with Crippen molar-refractivity contribution in [2.45, 2.75) is 26.3 Å². The first-order valence-corrected chi connectivity index (χ1v) is 6.15. The average Bonchev–Trinajstić information content (AvgIpc) is 2.29. The Kier molecular flexibility index (Phi) is 5.11. The molecule has 0 atom stereocenters. The zero-order valence-electron chi connectivity index (χ0n) is 9.85. The van der Waals surface area contributed by atoms with E-state index in [-0.39, 0.29) is 11.9 Å². The number of rotatable bonds is 4. The van der Waals surface area contributed by atoms with E-state index in [1.54, 1.807) is 23.2 Å². The molecule has 0 N–H and O–H groups in total. The van der Waals surface area contributed by atoms with Gasteiger partial charge in [-0.1, -0.05) is 0 Å². The quantitative estimate of drug-likeness (QED) is 0.802.